The first kappa shape index (κ1) is 15.6. The van der Waals surface area contributed by atoms with Crippen molar-refractivity contribution in [2.24, 2.45) is 0 Å². The summed E-state index contributed by atoms with van der Waals surface area (Å²) in [4.78, 5) is 0.899. The summed E-state index contributed by atoms with van der Waals surface area (Å²) in [5, 5.41) is 9.84. The number of nitrogens with zero attached hydrogens (tertiary/aromatic N) is 1. The fourth-order valence-electron chi connectivity index (χ4n) is 2.14. The van der Waals surface area contributed by atoms with Gasteiger partial charge in [-0.05, 0) is 25.5 Å². The molecule has 5 nitrogen and oxygen atoms in total. The maximum atomic E-state index is 12.2. The van der Waals surface area contributed by atoms with Gasteiger partial charge in [-0.25, -0.2) is 8.42 Å². The molecule has 1 saturated heterocycles. The predicted molar refractivity (Wildman–Crippen MR) is 82.2 cm³/mol. The Hall–Kier alpha value is -0.760. The highest BCUT2D eigenvalue weighted by molar-refractivity contribution is 8.00. The zero-order valence-electron chi connectivity index (χ0n) is 11.4. The smallest absolute Gasteiger partial charge is 0.215 e. The van der Waals surface area contributed by atoms with Gasteiger partial charge in [0.1, 0.15) is 0 Å². The third kappa shape index (κ3) is 3.88. The number of aliphatic hydroxyl groups is 1. The number of anilines is 1. The molecule has 1 aromatic carbocycles. The van der Waals surface area contributed by atoms with Crippen LogP contribution in [-0.4, -0.2) is 48.0 Å². The van der Waals surface area contributed by atoms with Gasteiger partial charge in [0.25, 0.3) is 0 Å². The predicted octanol–water partition coefficient (Wildman–Crippen LogP) is 1.15. The van der Waals surface area contributed by atoms with Gasteiger partial charge in [0.15, 0.2) is 0 Å². The van der Waals surface area contributed by atoms with E-state index < -0.39 is 15.6 Å². The monoisotopic (exact) mass is 316 g/mol. The molecule has 0 amide bonds. The van der Waals surface area contributed by atoms with E-state index in [1.54, 1.807) is 13.0 Å². The molecule has 1 aliphatic rings. The Bertz CT molecular complexity index is 573. The lowest BCUT2D eigenvalue weighted by molar-refractivity contribution is 0.0762. The summed E-state index contributed by atoms with van der Waals surface area (Å²) in [6.07, 6.45) is 0.491. The molecule has 112 valence electrons. The summed E-state index contributed by atoms with van der Waals surface area (Å²) < 4.78 is 25.7. The summed E-state index contributed by atoms with van der Waals surface area (Å²) in [6, 6.07) is 7.41. The quantitative estimate of drug-likeness (QED) is 0.629. The van der Waals surface area contributed by atoms with Crippen LogP contribution >= 0.6 is 11.8 Å². The average Bonchev–Trinajstić information content (AvgIpc) is 2.73. The Morgan fingerprint density at radius 3 is 2.75 bits per heavy atom. The molecule has 0 aliphatic carbocycles. The van der Waals surface area contributed by atoms with Crippen molar-refractivity contribution in [3.63, 3.8) is 0 Å². The van der Waals surface area contributed by atoms with E-state index >= 15 is 0 Å². The molecule has 1 aliphatic heterocycles. The van der Waals surface area contributed by atoms with Crippen LogP contribution in [0.4, 0.5) is 5.69 Å². The second kappa shape index (κ2) is 5.93. The third-order valence-corrected chi connectivity index (χ3v) is 6.50. The SMILES string of the molecule is CC1(O)CCN(S(=O)(=O)CCSc2ccccc2N)C1. The van der Waals surface area contributed by atoms with Crippen molar-refractivity contribution < 1.29 is 13.5 Å². The van der Waals surface area contributed by atoms with Crippen LogP contribution in [0.5, 0.6) is 0 Å². The maximum absolute atomic E-state index is 12.2. The van der Waals surface area contributed by atoms with Crippen LogP contribution in [0.1, 0.15) is 13.3 Å². The Balaban J connectivity index is 1.89. The van der Waals surface area contributed by atoms with Crippen LogP contribution in [-0.2, 0) is 10.0 Å². The zero-order chi connectivity index (χ0) is 14.8. The van der Waals surface area contributed by atoms with Crippen molar-refractivity contribution in [1.29, 1.82) is 0 Å². The van der Waals surface area contributed by atoms with Crippen molar-refractivity contribution >= 4 is 27.5 Å². The second-order valence-electron chi connectivity index (χ2n) is 5.28. The molecule has 1 unspecified atom stereocenters. The summed E-state index contributed by atoms with van der Waals surface area (Å²) in [6.45, 7) is 2.25. The molecule has 2 rings (SSSR count). The number of nitrogens with two attached hydrogens (primary N) is 1. The first-order valence-corrected chi connectivity index (χ1v) is 9.07. The minimum absolute atomic E-state index is 0.0576. The lowest BCUT2D eigenvalue weighted by Crippen LogP contribution is -2.35. The van der Waals surface area contributed by atoms with Crippen LogP contribution in [0, 0.1) is 0 Å². The third-order valence-electron chi connectivity index (χ3n) is 3.33. The number of hydrogen-bond donors (Lipinski definition) is 2. The van der Waals surface area contributed by atoms with E-state index in [0.29, 0.717) is 24.4 Å². The normalized spacial score (nSPS) is 24.1. The largest absolute Gasteiger partial charge is 0.398 e. The molecular formula is C13H20N2O3S2. The second-order valence-corrected chi connectivity index (χ2v) is 8.51. The van der Waals surface area contributed by atoms with Gasteiger partial charge in [0.05, 0.1) is 11.4 Å². The van der Waals surface area contributed by atoms with Gasteiger partial charge >= 0.3 is 0 Å². The number of hydrogen-bond acceptors (Lipinski definition) is 5. The van der Waals surface area contributed by atoms with Crippen molar-refractivity contribution in [3.05, 3.63) is 24.3 Å². The molecule has 1 heterocycles. The molecule has 0 bridgehead atoms. The highest BCUT2D eigenvalue weighted by atomic mass is 32.2. The van der Waals surface area contributed by atoms with E-state index in [2.05, 4.69) is 0 Å². The van der Waals surface area contributed by atoms with E-state index in [0.717, 1.165) is 4.90 Å². The summed E-state index contributed by atoms with van der Waals surface area (Å²) >= 11 is 1.44. The van der Waals surface area contributed by atoms with Crippen molar-refractivity contribution in [2.45, 2.75) is 23.8 Å². The van der Waals surface area contributed by atoms with E-state index in [9.17, 15) is 13.5 Å². The van der Waals surface area contributed by atoms with Gasteiger partial charge in [0, 0.05) is 29.4 Å². The highest BCUT2D eigenvalue weighted by Gasteiger charge is 2.37. The number of rotatable bonds is 5. The zero-order valence-corrected chi connectivity index (χ0v) is 13.1. The lowest BCUT2D eigenvalue weighted by atomic mass is 10.1. The highest BCUT2D eigenvalue weighted by Crippen LogP contribution is 2.26. The summed E-state index contributed by atoms with van der Waals surface area (Å²) in [7, 11) is -3.30. The number of nitrogen functional groups attached to an aromatic ring is 1. The number of sulfonamides is 1. The van der Waals surface area contributed by atoms with Gasteiger partial charge in [-0.3, -0.25) is 0 Å². The Kier molecular flexibility index (Phi) is 4.63. The van der Waals surface area contributed by atoms with Gasteiger partial charge < -0.3 is 10.8 Å². The maximum Gasteiger partial charge on any atom is 0.215 e. The molecule has 1 atom stereocenters. The van der Waals surface area contributed by atoms with E-state index in [1.165, 1.54) is 16.1 Å². The van der Waals surface area contributed by atoms with Crippen LogP contribution in [0.2, 0.25) is 0 Å². The minimum Gasteiger partial charge on any atom is -0.398 e. The van der Waals surface area contributed by atoms with Crippen molar-refractivity contribution in [1.82, 2.24) is 4.31 Å². The first-order valence-electron chi connectivity index (χ1n) is 6.48. The molecule has 0 saturated carbocycles. The molecular weight excluding hydrogens is 296 g/mol. The van der Waals surface area contributed by atoms with E-state index in [1.807, 2.05) is 18.2 Å². The number of benzene rings is 1. The minimum atomic E-state index is -3.30. The number of β-amino-alcohol motifs (C(OH)–C–C–N with tert-alkyl or cyclic N) is 1. The fraction of sp³-hybridized carbons (Fsp3) is 0.538. The lowest BCUT2D eigenvalue weighted by Gasteiger charge is -2.18. The molecule has 3 N–H and O–H groups in total. The van der Waals surface area contributed by atoms with Crippen LogP contribution in [0.25, 0.3) is 0 Å². The Morgan fingerprint density at radius 2 is 2.15 bits per heavy atom. The fourth-order valence-corrected chi connectivity index (χ4v) is 5.05. The Labute approximate surface area is 124 Å². The van der Waals surface area contributed by atoms with Crippen molar-refractivity contribution in [3.8, 4) is 0 Å². The van der Waals surface area contributed by atoms with Gasteiger partial charge in [0.2, 0.25) is 10.0 Å². The number of thioether (sulfide) groups is 1. The molecule has 20 heavy (non-hydrogen) atoms. The molecule has 7 heteroatoms. The van der Waals surface area contributed by atoms with Crippen LogP contribution in [0.15, 0.2) is 29.2 Å². The van der Waals surface area contributed by atoms with Crippen molar-refractivity contribution in [2.75, 3.05) is 30.3 Å². The molecule has 1 fully saturated rings. The molecule has 0 spiro atoms. The topological polar surface area (TPSA) is 83.6 Å². The van der Waals surface area contributed by atoms with Gasteiger partial charge in [-0.1, -0.05) is 12.1 Å². The van der Waals surface area contributed by atoms with E-state index in [-0.39, 0.29) is 12.3 Å². The van der Waals surface area contributed by atoms with Crippen LogP contribution < -0.4 is 5.73 Å². The standard InChI is InChI=1S/C13H20N2O3S2/c1-13(16)6-7-15(10-13)20(17,18)9-8-19-12-5-3-2-4-11(12)14/h2-5,16H,6-10,14H2,1H3. The average molecular weight is 316 g/mol. The van der Waals surface area contributed by atoms with Gasteiger partial charge in [-0.2, -0.15) is 4.31 Å². The van der Waals surface area contributed by atoms with Crippen LogP contribution in [0.3, 0.4) is 0 Å². The molecule has 1 aromatic rings. The first-order chi connectivity index (χ1) is 9.30. The molecule has 0 radical (unpaired) electrons. The van der Waals surface area contributed by atoms with Gasteiger partial charge in [-0.15, -0.1) is 11.8 Å². The summed E-state index contributed by atoms with van der Waals surface area (Å²) in [5.41, 5.74) is 5.58. The number of para-hydroxylation sites is 1. The Morgan fingerprint density at radius 1 is 1.45 bits per heavy atom. The molecule has 0 aromatic heterocycles. The summed E-state index contributed by atoms with van der Waals surface area (Å²) in [5.74, 6) is 0.511. The van der Waals surface area contributed by atoms with E-state index in [4.69, 9.17) is 5.73 Å².